The average molecular weight is 410 g/mol. The molecule has 8 nitrogen and oxygen atoms in total. The van der Waals surface area contributed by atoms with Crippen molar-refractivity contribution < 1.29 is 4.79 Å². The Bertz CT molecular complexity index is 984. The molecule has 3 aromatic rings. The van der Waals surface area contributed by atoms with Gasteiger partial charge in [-0.25, -0.2) is 4.98 Å². The van der Waals surface area contributed by atoms with Crippen LogP contribution in [0.4, 0.5) is 5.82 Å². The number of carbonyl (C=O) groups is 1. The summed E-state index contributed by atoms with van der Waals surface area (Å²) in [5, 5.41) is 9.24. The van der Waals surface area contributed by atoms with Crippen LogP contribution in [0.25, 0.3) is 5.69 Å². The lowest BCUT2D eigenvalue weighted by Crippen LogP contribution is -2.49. The molecule has 150 valence electrons. The van der Waals surface area contributed by atoms with Gasteiger partial charge in [-0.2, -0.15) is 0 Å². The minimum atomic E-state index is 0.116. The quantitative estimate of drug-likeness (QED) is 0.597. The smallest absolute Gasteiger partial charge is 0.233 e. The van der Waals surface area contributed by atoms with Gasteiger partial charge in [0.2, 0.25) is 5.91 Å². The fourth-order valence-corrected chi connectivity index (χ4v) is 4.28. The van der Waals surface area contributed by atoms with E-state index in [1.165, 1.54) is 11.8 Å². The molecular formula is C20H23N7OS. The monoisotopic (exact) mass is 409 g/mol. The minimum Gasteiger partial charge on any atom is -0.352 e. The zero-order valence-corrected chi connectivity index (χ0v) is 17.3. The van der Waals surface area contributed by atoms with E-state index in [0.717, 1.165) is 41.1 Å². The van der Waals surface area contributed by atoms with Crippen LogP contribution >= 0.6 is 11.8 Å². The molecule has 0 bridgehead atoms. The maximum absolute atomic E-state index is 12.7. The van der Waals surface area contributed by atoms with E-state index in [1.54, 1.807) is 18.6 Å². The highest BCUT2D eigenvalue weighted by Gasteiger charge is 2.23. The van der Waals surface area contributed by atoms with Crippen LogP contribution in [0.3, 0.4) is 0 Å². The summed E-state index contributed by atoms with van der Waals surface area (Å²) in [6.07, 6.45) is 5.11. The number of carbonyl (C=O) groups excluding carboxylic acids is 1. The number of para-hydroxylation sites is 1. The number of amides is 1. The van der Waals surface area contributed by atoms with Crippen molar-refractivity contribution in [2.75, 3.05) is 36.8 Å². The number of rotatable bonds is 5. The van der Waals surface area contributed by atoms with E-state index in [2.05, 4.69) is 38.1 Å². The first-order valence-electron chi connectivity index (χ1n) is 9.53. The summed E-state index contributed by atoms with van der Waals surface area (Å²) in [6.45, 7) is 6.86. The Morgan fingerprint density at radius 2 is 1.86 bits per heavy atom. The van der Waals surface area contributed by atoms with E-state index in [4.69, 9.17) is 0 Å². The van der Waals surface area contributed by atoms with Crippen molar-refractivity contribution in [1.29, 1.82) is 0 Å². The Balaban J connectivity index is 1.37. The van der Waals surface area contributed by atoms with Crippen LogP contribution in [0.5, 0.6) is 0 Å². The van der Waals surface area contributed by atoms with Crippen molar-refractivity contribution in [2.24, 2.45) is 0 Å². The van der Waals surface area contributed by atoms with Crippen molar-refractivity contribution >= 4 is 23.5 Å². The highest BCUT2D eigenvalue weighted by molar-refractivity contribution is 7.99. The molecule has 29 heavy (non-hydrogen) atoms. The summed E-state index contributed by atoms with van der Waals surface area (Å²) in [5.41, 5.74) is 2.19. The standard InChI is InChI=1S/C20H23N7OS/c1-15-5-3-4-6-17(15)27-16(2)23-24-20(27)29-14-19(28)26-11-9-25(10-12-26)18-13-21-7-8-22-18/h3-8,13H,9-12,14H2,1-2H3. The Hall–Kier alpha value is -2.94. The molecule has 0 saturated carbocycles. The Kier molecular flexibility index (Phi) is 5.75. The van der Waals surface area contributed by atoms with E-state index in [0.29, 0.717) is 18.8 Å². The largest absolute Gasteiger partial charge is 0.352 e. The highest BCUT2D eigenvalue weighted by atomic mass is 32.2. The van der Waals surface area contributed by atoms with Crippen LogP contribution in [-0.4, -0.2) is 67.5 Å². The summed E-state index contributed by atoms with van der Waals surface area (Å²) in [5.74, 6) is 2.13. The number of nitrogens with zero attached hydrogens (tertiary/aromatic N) is 7. The second kappa shape index (κ2) is 8.60. The predicted octanol–water partition coefficient (Wildman–Crippen LogP) is 2.12. The molecule has 0 atom stereocenters. The normalized spacial score (nSPS) is 14.3. The number of hydrogen-bond donors (Lipinski definition) is 0. The first kappa shape index (κ1) is 19.4. The van der Waals surface area contributed by atoms with Gasteiger partial charge >= 0.3 is 0 Å². The molecule has 0 spiro atoms. The van der Waals surface area contributed by atoms with Crippen LogP contribution in [0.1, 0.15) is 11.4 Å². The van der Waals surface area contributed by atoms with Gasteiger partial charge in [0, 0.05) is 38.6 Å². The van der Waals surface area contributed by atoms with Crippen LogP contribution < -0.4 is 4.90 Å². The van der Waals surface area contributed by atoms with E-state index >= 15 is 0 Å². The van der Waals surface area contributed by atoms with Crippen LogP contribution in [0.15, 0.2) is 48.0 Å². The maximum atomic E-state index is 12.7. The molecule has 1 aromatic carbocycles. The third-order valence-corrected chi connectivity index (χ3v) is 5.90. The molecule has 0 unspecified atom stereocenters. The lowest BCUT2D eigenvalue weighted by molar-refractivity contribution is -0.128. The van der Waals surface area contributed by atoms with Crippen molar-refractivity contribution in [3.8, 4) is 5.69 Å². The fourth-order valence-electron chi connectivity index (χ4n) is 3.39. The van der Waals surface area contributed by atoms with Gasteiger partial charge in [-0.15, -0.1) is 10.2 Å². The van der Waals surface area contributed by atoms with Crippen molar-refractivity contribution in [3.63, 3.8) is 0 Å². The van der Waals surface area contributed by atoms with E-state index in [1.807, 2.05) is 34.6 Å². The molecular weight excluding hydrogens is 386 g/mol. The van der Waals surface area contributed by atoms with Gasteiger partial charge in [0.05, 0.1) is 17.6 Å². The second-order valence-electron chi connectivity index (χ2n) is 6.87. The second-order valence-corrected chi connectivity index (χ2v) is 7.81. The molecule has 1 saturated heterocycles. The molecule has 1 aliphatic rings. The Labute approximate surface area is 174 Å². The lowest BCUT2D eigenvalue weighted by Gasteiger charge is -2.35. The topological polar surface area (TPSA) is 80.0 Å². The summed E-state index contributed by atoms with van der Waals surface area (Å²) in [4.78, 5) is 25.2. The summed E-state index contributed by atoms with van der Waals surface area (Å²) in [6, 6.07) is 8.11. The molecule has 1 fully saturated rings. The van der Waals surface area contributed by atoms with Gasteiger partial charge in [0.15, 0.2) is 5.16 Å². The molecule has 9 heteroatoms. The number of aryl methyl sites for hydroxylation is 2. The third kappa shape index (κ3) is 4.24. The maximum Gasteiger partial charge on any atom is 0.233 e. The first-order chi connectivity index (χ1) is 14.1. The number of benzene rings is 1. The Morgan fingerprint density at radius 1 is 1.07 bits per heavy atom. The van der Waals surface area contributed by atoms with Crippen LogP contribution in [-0.2, 0) is 4.79 Å². The number of hydrogen-bond acceptors (Lipinski definition) is 7. The first-order valence-corrected chi connectivity index (χ1v) is 10.5. The molecule has 1 amide bonds. The zero-order valence-electron chi connectivity index (χ0n) is 16.5. The van der Waals surface area contributed by atoms with Crippen molar-refractivity contribution in [2.45, 2.75) is 19.0 Å². The van der Waals surface area contributed by atoms with Gasteiger partial charge in [0.1, 0.15) is 11.6 Å². The average Bonchev–Trinajstić information content (AvgIpc) is 3.13. The van der Waals surface area contributed by atoms with Gasteiger partial charge in [-0.1, -0.05) is 30.0 Å². The molecule has 2 aromatic heterocycles. The number of thioether (sulfide) groups is 1. The molecule has 1 aliphatic heterocycles. The molecule has 3 heterocycles. The zero-order chi connectivity index (χ0) is 20.2. The van der Waals surface area contributed by atoms with E-state index < -0.39 is 0 Å². The summed E-state index contributed by atoms with van der Waals surface area (Å²) in [7, 11) is 0. The highest BCUT2D eigenvalue weighted by Crippen LogP contribution is 2.24. The SMILES string of the molecule is Cc1ccccc1-n1c(C)nnc1SCC(=O)N1CCN(c2cnccn2)CC1. The molecule has 0 radical (unpaired) electrons. The summed E-state index contributed by atoms with van der Waals surface area (Å²) < 4.78 is 2.01. The molecule has 0 N–H and O–H groups in total. The third-order valence-electron chi connectivity index (χ3n) is 4.98. The summed E-state index contributed by atoms with van der Waals surface area (Å²) >= 11 is 1.43. The lowest BCUT2D eigenvalue weighted by atomic mass is 10.2. The van der Waals surface area contributed by atoms with Gasteiger partial charge in [-0.3, -0.25) is 14.3 Å². The molecule has 4 rings (SSSR count). The fraction of sp³-hybridized carbons (Fsp3) is 0.350. The Morgan fingerprint density at radius 3 is 2.59 bits per heavy atom. The van der Waals surface area contributed by atoms with E-state index in [-0.39, 0.29) is 5.91 Å². The van der Waals surface area contributed by atoms with Crippen molar-refractivity contribution in [1.82, 2.24) is 29.6 Å². The van der Waals surface area contributed by atoms with Crippen molar-refractivity contribution in [3.05, 3.63) is 54.2 Å². The van der Waals surface area contributed by atoms with Gasteiger partial charge in [0.25, 0.3) is 0 Å². The molecule has 0 aliphatic carbocycles. The minimum absolute atomic E-state index is 0.116. The number of piperazine rings is 1. The van der Waals surface area contributed by atoms with Crippen LogP contribution in [0.2, 0.25) is 0 Å². The van der Waals surface area contributed by atoms with Gasteiger partial charge in [-0.05, 0) is 25.5 Å². The number of anilines is 1. The number of aromatic nitrogens is 5. The van der Waals surface area contributed by atoms with Gasteiger partial charge < -0.3 is 9.80 Å². The predicted molar refractivity (Wildman–Crippen MR) is 112 cm³/mol. The van der Waals surface area contributed by atoms with E-state index in [9.17, 15) is 4.79 Å². The van der Waals surface area contributed by atoms with Crippen LogP contribution in [0, 0.1) is 13.8 Å².